The van der Waals surface area contributed by atoms with E-state index in [-0.39, 0.29) is 24.6 Å². The quantitative estimate of drug-likeness (QED) is 0.895. The average molecular weight is 285 g/mol. The largest absolute Gasteiger partial charge is 0.485 e. The van der Waals surface area contributed by atoms with Crippen molar-refractivity contribution in [2.45, 2.75) is 12.8 Å². The molecule has 1 unspecified atom stereocenters. The molecule has 0 radical (unpaired) electrons. The Bertz CT molecular complexity index is 521. The lowest BCUT2D eigenvalue weighted by Gasteiger charge is -2.20. The molecular formula is C13H13F2NO4. The van der Waals surface area contributed by atoms with Crippen LogP contribution in [0.4, 0.5) is 14.5 Å². The third-order valence-electron chi connectivity index (χ3n) is 3.00. The summed E-state index contributed by atoms with van der Waals surface area (Å²) in [5.41, 5.74) is 0.321. The highest BCUT2D eigenvalue weighted by Gasteiger charge is 2.36. The first-order valence-corrected chi connectivity index (χ1v) is 6.02. The number of aliphatic carboxylic acids is 1. The highest BCUT2D eigenvalue weighted by atomic mass is 19.3. The van der Waals surface area contributed by atoms with Crippen molar-refractivity contribution in [3.63, 3.8) is 0 Å². The Kier molecular flexibility index (Phi) is 4.16. The summed E-state index contributed by atoms with van der Waals surface area (Å²) in [6.07, 6.45) is -2.72. The van der Waals surface area contributed by atoms with Crippen LogP contribution in [0.25, 0.3) is 0 Å². The first-order chi connectivity index (χ1) is 9.49. The van der Waals surface area contributed by atoms with Gasteiger partial charge < -0.3 is 14.7 Å². The van der Waals surface area contributed by atoms with Crippen LogP contribution in [0.3, 0.4) is 0 Å². The summed E-state index contributed by atoms with van der Waals surface area (Å²) in [6.45, 7) is -0.759. The monoisotopic (exact) mass is 285 g/mol. The number of alkyl halides is 2. The molecule has 108 valence electrons. The molecule has 1 amide bonds. The number of anilines is 1. The number of hydrogen-bond acceptors (Lipinski definition) is 3. The van der Waals surface area contributed by atoms with Crippen molar-refractivity contribution in [1.82, 2.24) is 0 Å². The molecule has 1 atom stereocenters. The summed E-state index contributed by atoms with van der Waals surface area (Å²) >= 11 is 0. The maximum atomic E-state index is 12.2. The molecule has 0 aliphatic carbocycles. The van der Waals surface area contributed by atoms with Gasteiger partial charge in [-0.3, -0.25) is 9.59 Å². The normalized spacial score (nSPS) is 18.6. The van der Waals surface area contributed by atoms with E-state index in [1.807, 2.05) is 0 Å². The van der Waals surface area contributed by atoms with Gasteiger partial charge in [-0.05, 0) is 12.1 Å². The Hall–Kier alpha value is -2.18. The third kappa shape index (κ3) is 3.04. The van der Waals surface area contributed by atoms with E-state index in [9.17, 15) is 18.4 Å². The summed E-state index contributed by atoms with van der Waals surface area (Å²) in [4.78, 5) is 24.0. The SMILES string of the molecule is O=C(O)C1CC(=O)N(c2ccccc2OCC(F)F)C1. The minimum atomic E-state index is -2.62. The van der Waals surface area contributed by atoms with Crippen LogP contribution in [0.15, 0.2) is 24.3 Å². The smallest absolute Gasteiger partial charge is 0.308 e. The van der Waals surface area contributed by atoms with Crippen LogP contribution in [-0.2, 0) is 9.59 Å². The van der Waals surface area contributed by atoms with E-state index in [4.69, 9.17) is 9.84 Å². The van der Waals surface area contributed by atoms with Gasteiger partial charge in [0.25, 0.3) is 6.43 Å². The number of nitrogens with zero attached hydrogens (tertiary/aromatic N) is 1. The number of hydrogen-bond donors (Lipinski definition) is 1. The second-order valence-electron chi connectivity index (χ2n) is 4.41. The summed E-state index contributed by atoms with van der Waals surface area (Å²) < 4.78 is 29.3. The van der Waals surface area contributed by atoms with E-state index in [2.05, 4.69) is 0 Å². The Morgan fingerprint density at radius 2 is 2.15 bits per heavy atom. The van der Waals surface area contributed by atoms with E-state index in [1.54, 1.807) is 18.2 Å². The van der Waals surface area contributed by atoms with Crippen LogP contribution >= 0.6 is 0 Å². The topological polar surface area (TPSA) is 66.8 Å². The fourth-order valence-corrected chi connectivity index (χ4v) is 2.06. The van der Waals surface area contributed by atoms with Crippen LogP contribution in [-0.4, -0.2) is 36.6 Å². The zero-order chi connectivity index (χ0) is 14.7. The molecule has 0 aromatic heterocycles. The van der Waals surface area contributed by atoms with Crippen LogP contribution in [0, 0.1) is 5.92 Å². The number of benzene rings is 1. The summed E-state index contributed by atoms with van der Waals surface area (Å²) in [5.74, 6) is -2.05. The fourth-order valence-electron chi connectivity index (χ4n) is 2.06. The maximum absolute atomic E-state index is 12.2. The van der Waals surface area contributed by atoms with Crippen molar-refractivity contribution >= 4 is 17.6 Å². The molecule has 1 aromatic carbocycles. The maximum Gasteiger partial charge on any atom is 0.308 e. The van der Waals surface area contributed by atoms with Gasteiger partial charge in [0, 0.05) is 13.0 Å². The van der Waals surface area contributed by atoms with Gasteiger partial charge in [-0.25, -0.2) is 8.78 Å². The lowest BCUT2D eigenvalue weighted by atomic mass is 10.1. The molecule has 5 nitrogen and oxygen atoms in total. The molecule has 1 aliphatic rings. The van der Waals surface area contributed by atoms with E-state index in [0.717, 1.165) is 0 Å². The average Bonchev–Trinajstić information content (AvgIpc) is 2.79. The molecule has 1 heterocycles. The van der Waals surface area contributed by atoms with Crippen LogP contribution in [0.5, 0.6) is 5.75 Å². The van der Waals surface area contributed by atoms with Gasteiger partial charge in [-0.2, -0.15) is 0 Å². The standard InChI is InChI=1S/C13H13F2NO4/c14-11(15)7-20-10-4-2-1-3-9(10)16-6-8(13(18)19)5-12(16)17/h1-4,8,11H,5-7H2,(H,18,19). The van der Waals surface area contributed by atoms with E-state index < -0.39 is 24.9 Å². The number of carboxylic acid groups (broad SMARTS) is 1. The molecular weight excluding hydrogens is 272 g/mol. The molecule has 0 saturated carbocycles. The molecule has 0 bridgehead atoms. The number of halogens is 2. The molecule has 2 rings (SSSR count). The van der Waals surface area contributed by atoms with Gasteiger partial charge in [0.1, 0.15) is 12.4 Å². The van der Waals surface area contributed by atoms with E-state index in [0.29, 0.717) is 5.69 Å². The second-order valence-corrected chi connectivity index (χ2v) is 4.41. The summed E-state index contributed by atoms with van der Waals surface area (Å²) in [6, 6.07) is 6.24. The minimum Gasteiger partial charge on any atom is -0.485 e. The number of ether oxygens (including phenoxy) is 1. The van der Waals surface area contributed by atoms with Crippen molar-refractivity contribution in [1.29, 1.82) is 0 Å². The van der Waals surface area contributed by atoms with Crippen LogP contribution in [0.2, 0.25) is 0 Å². The van der Waals surface area contributed by atoms with Gasteiger partial charge in [-0.1, -0.05) is 12.1 Å². The van der Waals surface area contributed by atoms with Crippen LogP contribution in [0.1, 0.15) is 6.42 Å². The Morgan fingerprint density at radius 3 is 2.75 bits per heavy atom. The molecule has 1 saturated heterocycles. The number of amides is 1. The van der Waals surface area contributed by atoms with E-state index in [1.165, 1.54) is 11.0 Å². The highest BCUT2D eigenvalue weighted by molar-refractivity contribution is 6.00. The lowest BCUT2D eigenvalue weighted by molar-refractivity contribution is -0.141. The van der Waals surface area contributed by atoms with E-state index >= 15 is 0 Å². The van der Waals surface area contributed by atoms with Gasteiger partial charge in [0.05, 0.1) is 11.6 Å². The number of carbonyl (C=O) groups excluding carboxylic acids is 1. The number of carboxylic acids is 1. The minimum absolute atomic E-state index is 0.0171. The number of carbonyl (C=O) groups is 2. The van der Waals surface area contributed by atoms with Crippen molar-refractivity contribution in [2.24, 2.45) is 5.92 Å². The Labute approximate surface area is 113 Å². The molecule has 0 spiro atoms. The number of para-hydroxylation sites is 2. The Balaban J connectivity index is 2.20. The fraction of sp³-hybridized carbons (Fsp3) is 0.385. The first kappa shape index (κ1) is 14.2. The second kappa shape index (κ2) is 5.85. The molecule has 1 N–H and O–H groups in total. The lowest BCUT2D eigenvalue weighted by Crippen LogP contribution is -2.26. The van der Waals surface area contributed by atoms with Gasteiger partial charge >= 0.3 is 5.97 Å². The van der Waals surface area contributed by atoms with Crippen molar-refractivity contribution in [2.75, 3.05) is 18.1 Å². The van der Waals surface area contributed by atoms with Gasteiger partial charge in [0.2, 0.25) is 5.91 Å². The molecule has 7 heteroatoms. The van der Waals surface area contributed by atoms with Gasteiger partial charge in [0.15, 0.2) is 0 Å². The van der Waals surface area contributed by atoms with Crippen LogP contribution < -0.4 is 9.64 Å². The van der Waals surface area contributed by atoms with Crippen molar-refractivity contribution in [3.8, 4) is 5.75 Å². The predicted octanol–water partition coefficient (Wildman–Crippen LogP) is 1.77. The molecule has 20 heavy (non-hydrogen) atoms. The number of rotatable bonds is 5. The zero-order valence-corrected chi connectivity index (χ0v) is 10.5. The molecule has 1 aliphatic heterocycles. The summed E-state index contributed by atoms with van der Waals surface area (Å²) in [7, 11) is 0. The zero-order valence-electron chi connectivity index (χ0n) is 10.5. The molecule has 1 fully saturated rings. The summed E-state index contributed by atoms with van der Waals surface area (Å²) in [5, 5.41) is 8.93. The van der Waals surface area contributed by atoms with Crippen molar-refractivity contribution in [3.05, 3.63) is 24.3 Å². The highest BCUT2D eigenvalue weighted by Crippen LogP contribution is 2.33. The predicted molar refractivity (Wildman–Crippen MR) is 66.0 cm³/mol. The third-order valence-corrected chi connectivity index (χ3v) is 3.00. The molecule has 1 aromatic rings. The Morgan fingerprint density at radius 1 is 1.45 bits per heavy atom. The van der Waals surface area contributed by atoms with Crippen molar-refractivity contribution < 1.29 is 28.2 Å². The van der Waals surface area contributed by atoms with Gasteiger partial charge in [-0.15, -0.1) is 0 Å². The first-order valence-electron chi connectivity index (χ1n) is 6.02.